The third-order valence-corrected chi connectivity index (χ3v) is 3.55. The third-order valence-electron chi connectivity index (χ3n) is 3.55. The lowest BCUT2D eigenvalue weighted by molar-refractivity contribution is -0.151. The van der Waals surface area contributed by atoms with Gasteiger partial charge in [-0.05, 0) is 23.6 Å². The largest absolute Gasteiger partial charge is 0.364 e. The fourth-order valence-electron chi connectivity index (χ4n) is 2.57. The van der Waals surface area contributed by atoms with Gasteiger partial charge in [-0.3, -0.25) is 0 Å². The van der Waals surface area contributed by atoms with E-state index in [-0.39, 0.29) is 6.10 Å². The van der Waals surface area contributed by atoms with Gasteiger partial charge in [0.2, 0.25) is 0 Å². The van der Waals surface area contributed by atoms with Crippen molar-refractivity contribution in [3.63, 3.8) is 0 Å². The van der Waals surface area contributed by atoms with Crippen molar-refractivity contribution in [2.45, 2.75) is 25.7 Å². The standard InChI is InChI=1S/C16H16O2/c1-11-6-2-4-8-13(11)15-10-12-7-3-5-9-14(12)16(17)18-15/h2-9,15-17H,10H2,1H3. The Hall–Kier alpha value is -1.64. The van der Waals surface area contributed by atoms with Crippen LogP contribution in [0.1, 0.15) is 34.6 Å². The summed E-state index contributed by atoms with van der Waals surface area (Å²) in [7, 11) is 0. The van der Waals surface area contributed by atoms with E-state index in [2.05, 4.69) is 25.1 Å². The highest BCUT2D eigenvalue weighted by Gasteiger charge is 2.27. The summed E-state index contributed by atoms with van der Waals surface area (Å²) in [6.07, 6.45) is -0.0615. The molecule has 2 unspecified atom stereocenters. The Balaban J connectivity index is 1.97. The number of hydrogen-bond donors (Lipinski definition) is 1. The number of rotatable bonds is 1. The minimum absolute atomic E-state index is 0.0592. The van der Waals surface area contributed by atoms with Gasteiger partial charge < -0.3 is 9.84 Å². The lowest BCUT2D eigenvalue weighted by atomic mass is 9.92. The number of fused-ring (bicyclic) bond motifs is 1. The van der Waals surface area contributed by atoms with Crippen molar-refractivity contribution < 1.29 is 9.84 Å². The molecule has 0 radical (unpaired) electrons. The summed E-state index contributed by atoms with van der Waals surface area (Å²) < 4.78 is 5.74. The van der Waals surface area contributed by atoms with Gasteiger partial charge in [0.1, 0.15) is 0 Å². The van der Waals surface area contributed by atoms with Crippen molar-refractivity contribution in [2.24, 2.45) is 0 Å². The van der Waals surface area contributed by atoms with Crippen LogP contribution in [0.2, 0.25) is 0 Å². The molecule has 2 atom stereocenters. The Morgan fingerprint density at radius 1 is 1.00 bits per heavy atom. The number of aryl methyl sites for hydroxylation is 1. The zero-order valence-electron chi connectivity index (χ0n) is 10.3. The highest BCUT2D eigenvalue weighted by Crippen LogP contribution is 2.36. The van der Waals surface area contributed by atoms with E-state index in [9.17, 15) is 5.11 Å². The van der Waals surface area contributed by atoms with Crippen molar-refractivity contribution >= 4 is 0 Å². The lowest BCUT2D eigenvalue weighted by Crippen LogP contribution is -2.20. The SMILES string of the molecule is Cc1ccccc1C1Cc2ccccc2C(O)O1. The minimum atomic E-state index is -0.820. The Morgan fingerprint density at radius 2 is 1.67 bits per heavy atom. The van der Waals surface area contributed by atoms with Gasteiger partial charge in [0.15, 0.2) is 6.29 Å². The summed E-state index contributed by atoms with van der Waals surface area (Å²) in [5.74, 6) is 0. The summed E-state index contributed by atoms with van der Waals surface area (Å²) in [5, 5.41) is 10.1. The average molecular weight is 240 g/mol. The quantitative estimate of drug-likeness (QED) is 0.828. The molecule has 0 aromatic heterocycles. The Labute approximate surface area is 107 Å². The van der Waals surface area contributed by atoms with E-state index >= 15 is 0 Å². The molecule has 0 bridgehead atoms. The normalized spacial score (nSPS) is 22.6. The molecule has 2 nitrogen and oxygen atoms in total. The van der Waals surface area contributed by atoms with E-state index in [0.717, 1.165) is 17.5 Å². The van der Waals surface area contributed by atoms with Gasteiger partial charge in [0.05, 0.1) is 6.10 Å². The zero-order chi connectivity index (χ0) is 12.5. The van der Waals surface area contributed by atoms with Crippen LogP contribution in [0.5, 0.6) is 0 Å². The van der Waals surface area contributed by atoms with E-state index in [0.29, 0.717) is 0 Å². The first-order chi connectivity index (χ1) is 8.75. The van der Waals surface area contributed by atoms with Crippen molar-refractivity contribution in [3.05, 3.63) is 70.8 Å². The van der Waals surface area contributed by atoms with Gasteiger partial charge in [0, 0.05) is 12.0 Å². The van der Waals surface area contributed by atoms with Crippen LogP contribution >= 0.6 is 0 Å². The molecule has 92 valence electrons. The predicted octanol–water partition coefficient (Wildman–Crippen LogP) is 3.30. The fourth-order valence-corrected chi connectivity index (χ4v) is 2.57. The molecule has 0 fully saturated rings. The molecule has 1 aliphatic rings. The second-order valence-corrected chi connectivity index (χ2v) is 4.74. The lowest BCUT2D eigenvalue weighted by Gasteiger charge is -2.30. The van der Waals surface area contributed by atoms with Crippen LogP contribution in [0, 0.1) is 6.92 Å². The number of benzene rings is 2. The van der Waals surface area contributed by atoms with E-state index < -0.39 is 6.29 Å². The van der Waals surface area contributed by atoms with Crippen molar-refractivity contribution in [3.8, 4) is 0 Å². The molecule has 0 saturated heterocycles. The van der Waals surface area contributed by atoms with Crippen LogP contribution in [0.25, 0.3) is 0 Å². The second kappa shape index (κ2) is 4.56. The van der Waals surface area contributed by atoms with Crippen LogP contribution < -0.4 is 0 Å². The van der Waals surface area contributed by atoms with Gasteiger partial charge in [0.25, 0.3) is 0 Å². The molecule has 0 spiro atoms. The first kappa shape index (κ1) is 11.5. The highest BCUT2D eigenvalue weighted by atomic mass is 16.6. The summed E-state index contributed by atoms with van der Waals surface area (Å²) in [6.45, 7) is 2.07. The molecular formula is C16H16O2. The Morgan fingerprint density at radius 3 is 2.44 bits per heavy atom. The maximum Gasteiger partial charge on any atom is 0.182 e. The summed E-state index contributed by atoms with van der Waals surface area (Å²) in [6, 6.07) is 16.1. The first-order valence-electron chi connectivity index (χ1n) is 6.22. The van der Waals surface area contributed by atoms with Gasteiger partial charge in [-0.15, -0.1) is 0 Å². The number of ether oxygens (including phenoxy) is 1. The van der Waals surface area contributed by atoms with Crippen molar-refractivity contribution in [1.82, 2.24) is 0 Å². The van der Waals surface area contributed by atoms with E-state index in [4.69, 9.17) is 4.74 Å². The van der Waals surface area contributed by atoms with E-state index in [1.807, 2.05) is 30.3 Å². The molecule has 0 aliphatic carbocycles. The van der Waals surface area contributed by atoms with Gasteiger partial charge in [-0.1, -0.05) is 48.5 Å². The topological polar surface area (TPSA) is 29.5 Å². The molecule has 2 aromatic carbocycles. The zero-order valence-corrected chi connectivity index (χ0v) is 10.3. The average Bonchev–Trinajstić information content (AvgIpc) is 2.39. The van der Waals surface area contributed by atoms with Crippen LogP contribution in [-0.2, 0) is 11.2 Å². The van der Waals surface area contributed by atoms with Crippen LogP contribution in [0.4, 0.5) is 0 Å². The number of hydrogen-bond acceptors (Lipinski definition) is 2. The molecule has 2 aromatic rings. The maximum atomic E-state index is 10.1. The Bertz CT molecular complexity index is 563. The fraction of sp³-hybridized carbons (Fsp3) is 0.250. The predicted molar refractivity (Wildman–Crippen MR) is 70.1 cm³/mol. The summed E-state index contributed by atoms with van der Waals surface area (Å²) in [4.78, 5) is 0. The molecule has 0 amide bonds. The van der Waals surface area contributed by atoms with Crippen LogP contribution in [0.3, 0.4) is 0 Å². The van der Waals surface area contributed by atoms with Crippen LogP contribution in [-0.4, -0.2) is 5.11 Å². The van der Waals surface area contributed by atoms with Gasteiger partial charge in [-0.25, -0.2) is 0 Å². The molecule has 18 heavy (non-hydrogen) atoms. The molecule has 1 aliphatic heterocycles. The minimum Gasteiger partial charge on any atom is -0.364 e. The number of aliphatic hydroxyl groups is 1. The molecule has 1 heterocycles. The molecule has 1 N–H and O–H groups in total. The van der Waals surface area contributed by atoms with Gasteiger partial charge >= 0.3 is 0 Å². The summed E-state index contributed by atoms with van der Waals surface area (Å²) >= 11 is 0. The first-order valence-corrected chi connectivity index (χ1v) is 6.22. The Kier molecular flexibility index (Phi) is 2.90. The number of aliphatic hydroxyl groups excluding tert-OH is 1. The monoisotopic (exact) mass is 240 g/mol. The summed E-state index contributed by atoms with van der Waals surface area (Å²) in [5.41, 5.74) is 4.42. The molecule has 2 heteroatoms. The maximum absolute atomic E-state index is 10.1. The molecule has 0 saturated carbocycles. The van der Waals surface area contributed by atoms with Crippen molar-refractivity contribution in [1.29, 1.82) is 0 Å². The van der Waals surface area contributed by atoms with Crippen molar-refractivity contribution in [2.75, 3.05) is 0 Å². The smallest absolute Gasteiger partial charge is 0.182 e. The van der Waals surface area contributed by atoms with E-state index in [1.54, 1.807) is 0 Å². The molecule has 3 rings (SSSR count). The van der Waals surface area contributed by atoms with E-state index in [1.165, 1.54) is 11.1 Å². The van der Waals surface area contributed by atoms with Gasteiger partial charge in [-0.2, -0.15) is 0 Å². The second-order valence-electron chi connectivity index (χ2n) is 4.74. The molecular weight excluding hydrogens is 224 g/mol. The third kappa shape index (κ3) is 1.94. The highest BCUT2D eigenvalue weighted by molar-refractivity contribution is 5.35. The van der Waals surface area contributed by atoms with Crippen LogP contribution in [0.15, 0.2) is 48.5 Å².